The maximum atomic E-state index is 11.8. The summed E-state index contributed by atoms with van der Waals surface area (Å²) in [6.07, 6.45) is -1.27. The Balaban J connectivity index is 1.71. The monoisotopic (exact) mass is 622 g/mol. The maximum Gasteiger partial charge on any atom is 0.132 e. The van der Waals surface area contributed by atoms with Gasteiger partial charge in [-0.1, -0.05) is 47.5 Å². The van der Waals surface area contributed by atoms with Crippen LogP contribution in [0.2, 0.25) is 10.0 Å². The third-order valence-electron chi connectivity index (χ3n) is 8.11. The molecule has 228 valence electrons. The van der Waals surface area contributed by atoms with Crippen LogP contribution in [-0.2, 0) is 18.7 Å². The first-order valence-corrected chi connectivity index (χ1v) is 15.0. The van der Waals surface area contributed by atoms with E-state index in [0.29, 0.717) is 57.3 Å². The van der Waals surface area contributed by atoms with Crippen LogP contribution in [0.15, 0.2) is 60.7 Å². The number of aliphatic hydroxyl groups excluding tert-OH is 1. The minimum atomic E-state index is -1.66. The first-order chi connectivity index (χ1) is 20.4. The molecule has 4 aromatic rings. The predicted molar refractivity (Wildman–Crippen MR) is 175 cm³/mol. The Hall–Kier alpha value is -3.10. The van der Waals surface area contributed by atoms with Crippen LogP contribution in [0, 0.1) is 27.7 Å². The molecule has 4 rings (SSSR count). The molecule has 4 aromatic carbocycles. The number of benzene rings is 4. The van der Waals surface area contributed by atoms with Crippen molar-refractivity contribution in [3.63, 3.8) is 0 Å². The van der Waals surface area contributed by atoms with Crippen LogP contribution in [0.5, 0.6) is 23.0 Å². The molecule has 0 aliphatic heterocycles. The molecular formula is C35H40Cl2N2O4. The third kappa shape index (κ3) is 7.01. The first kappa shape index (κ1) is 32.8. The Bertz CT molecular complexity index is 1620. The molecule has 0 saturated carbocycles. The summed E-state index contributed by atoms with van der Waals surface area (Å²) in [4.78, 5) is 0. The molecule has 0 heterocycles. The van der Waals surface area contributed by atoms with Gasteiger partial charge in [0.05, 0.1) is 0 Å². The number of nitrogens with one attached hydrogen (secondary N) is 2. The smallest absolute Gasteiger partial charge is 0.132 e. The van der Waals surface area contributed by atoms with Crippen LogP contribution in [0.25, 0.3) is 0 Å². The number of aliphatic hydroxyl groups is 2. The lowest BCUT2D eigenvalue weighted by Crippen LogP contribution is -2.30. The Morgan fingerprint density at radius 3 is 1.63 bits per heavy atom. The Morgan fingerprint density at radius 2 is 1.14 bits per heavy atom. The van der Waals surface area contributed by atoms with Gasteiger partial charge in [0.1, 0.15) is 34.7 Å². The quantitative estimate of drug-likeness (QED) is 0.135. The third-order valence-corrected chi connectivity index (χ3v) is 8.93. The van der Waals surface area contributed by atoms with Gasteiger partial charge < -0.3 is 30.3 Å². The maximum absolute atomic E-state index is 11.8. The fourth-order valence-electron chi connectivity index (χ4n) is 4.94. The lowest BCUT2D eigenvalue weighted by atomic mass is 9.85. The zero-order valence-corrected chi connectivity index (χ0v) is 27.2. The van der Waals surface area contributed by atoms with Crippen molar-refractivity contribution in [1.29, 1.82) is 0 Å². The standard InChI is InChI=1S/C35H40Cl2N2O4/c1-20-22(3)30(14-12-28(20)36)42-32-16-24(8-9-25(32)18-38-6)34(40)35(5,41)27-11-10-26(19-39-7)33(17-27)43-31-15-13-29(37)21(2)23(31)4/h8-17,34,38-41H,18-19H2,1-7H3. The van der Waals surface area contributed by atoms with Crippen LogP contribution < -0.4 is 20.1 Å². The molecule has 0 radical (unpaired) electrons. The summed E-state index contributed by atoms with van der Waals surface area (Å²) in [6, 6.07) is 18.3. The summed E-state index contributed by atoms with van der Waals surface area (Å²) in [5, 5.41) is 31.1. The fraction of sp³-hybridized carbons (Fsp3) is 0.314. The van der Waals surface area contributed by atoms with E-state index < -0.39 is 11.7 Å². The zero-order chi connectivity index (χ0) is 31.5. The average Bonchev–Trinajstić information content (AvgIpc) is 2.99. The van der Waals surface area contributed by atoms with Crippen LogP contribution in [0.3, 0.4) is 0 Å². The van der Waals surface area contributed by atoms with Crippen LogP contribution in [-0.4, -0.2) is 24.3 Å². The zero-order valence-electron chi connectivity index (χ0n) is 25.7. The average molecular weight is 624 g/mol. The van der Waals surface area contributed by atoms with Crippen molar-refractivity contribution < 1.29 is 19.7 Å². The lowest BCUT2D eigenvalue weighted by molar-refractivity contribution is -0.0692. The molecule has 0 bridgehead atoms. The summed E-state index contributed by atoms with van der Waals surface area (Å²) < 4.78 is 12.7. The second-order valence-electron chi connectivity index (χ2n) is 11.1. The van der Waals surface area contributed by atoms with E-state index in [9.17, 15) is 10.2 Å². The molecule has 6 nitrogen and oxygen atoms in total. The Kier molecular flexibility index (Phi) is 10.4. The van der Waals surface area contributed by atoms with E-state index in [2.05, 4.69) is 10.6 Å². The van der Waals surface area contributed by atoms with Crippen molar-refractivity contribution in [2.24, 2.45) is 0 Å². The number of rotatable bonds is 11. The van der Waals surface area contributed by atoms with Crippen molar-refractivity contribution in [3.8, 4) is 23.0 Å². The highest BCUT2D eigenvalue weighted by molar-refractivity contribution is 6.31. The molecule has 0 fully saturated rings. The molecule has 43 heavy (non-hydrogen) atoms. The highest BCUT2D eigenvalue weighted by Gasteiger charge is 2.35. The molecule has 8 heteroatoms. The Morgan fingerprint density at radius 1 is 0.674 bits per heavy atom. The van der Waals surface area contributed by atoms with Crippen molar-refractivity contribution in [1.82, 2.24) is 10.6 Å². The van der Waals surface area contributed by atoms with Gasteiger partial charge in [-0.15, -0.1) is 0 Å². The van der Waals surface area contributed by atoms with E-state index in [4.69, 9.17) is 32.7 Å². The number of hydrogen-bond acceptors (Lipinski definition) is 6. The molecular weight excluding hydrogens is 583 g/mol. The second kappa shape index (κ2) is 13.7. The molecule has 4 N–H and O–H groups in total. The van der Waals surface area contributed by atoms with Gasteiger partial charge in [0.2, 0.25) is 0 Å². The van der Waals surface area contributed by atoms with Crippen molar-refractivity contribution in [2.45, 2.75) is 59.4 Å². The van der Waals surface area contributed by atoms with E-state index in [1.807, 2.05) is 90.3 Å². The molecule has 0 aliphatic carbocycles. The summed E-state index contributed by atoms with van der Waals surface area (Å²) >= 11 is 12.6. The highest BCUT2D eigenvalue weighted by atomic mass is 35.5. The van der Waals surface area contributed by atoms with Crippen LogP contribution in [0.1, 0.15) is 57.5 Å². The summed E-state index contributed by atoms with van der Waals surface area (Å²) in [5.74, 6) is 2.50. The van der Waals surface area contributed by atoms with E-state index in [0.717, 1.165) is 33.4 Å². The van der Waals surface area contributed by atoms with Crippen molar-refractivity contribution in [2.75, 3.05) is 14.1 Å². The second-order valence-corrected chi connectivity index (χ2v) is 11.9. The molecule has 0 aromatic heterocycles. The number of hydrogen-bond donors (Lipinski definition) is 4. The van der Waals surface area contributed by atoms with Gasteiger partial charge >= 0.3 is 0 Å². The van der Waals surface area contributed by atoms with Gasteiger partial charge in [-0.05, 0) is 118 Å². The van der Waals surface area contributed by atoms with Gasteiger partial charge in [-0.2, -0.15) is 0 Å². The van der Waals surface area contributed by atoms with E-state index >= 15 is 0 Å². The number of halogens is 2. The highest BCUT2D eigenvalue weighted by Crippen LogP contribution is 2.41. The van der Waals surface area contributed by atoms with Gasteiger partial charge in [0, 0.05) is 34.3 Å². The minimum absolute atomic E-state index is 0.504. The number of ether oxygens (including phenoxy) is 2. The normalized spacial score (nSPS) is 13.5. The SMILES string of the molecule is CNCc1ccc(C(O)C(C)(O)c2ccc(CNC)c(Oc3ccc(Cl)c(C)c3C)c2)cc1Oc1ccc(Cl)c(C)c1C. The first-order valence-electron chi connectivity index (χ1n) is 14.2. The molecule has 0 aliphatic rings. The van der Waals surface area contributed by atoms with E-state index in [-0.39, 0.29) is 0 Å². The van der Waals surface area contributed by atoms with Crippen LogP contribution in [0.4, 0.5) is 0 Å². The topological polar surface area (TPSA) is 83.0 Å². The molecule has 2 atom stereocenters. The van der Waals surface area contributed by atoms with Gasteiger partial charge in [0.15, 0.2) is 0 Å². The fourth-order valence-corrected chi connectivity index (χ4v) is 5.35. The predicted octanol–water partition coefficient (Wildman–Crippen LogP) is 8.19. The molecule has 0 saturated heterocycles. The van der Waals surface area contributed by atoms with E-state index in [1.54, 1.807) is 19.1 Å². The van der Waals surface area contributed by atoms with Gasteiger partial charge in [0.25, 0.3) is 0 Å². The lowest BCUT2D eigenvalue weighted by Gasteiger charge is -2.31. The van der Waals surface area contributed by atoms with Gasteiger partial charge in [-0.25, -0.2) is 0 Å². The Labute approximate surface area is 264 Å². The van der Waals surface area contributed by atoms with Crippen molar-refractivity contribution >= 4 is 23.2 Å². The molecule has 0 amide bonds. The van der Waals surface area contributed by atoms with E-state index in [1.165, 1.54) is 0 Å². The minimum Gasteiger partial charge on any atom is -0.457 e. The largest absolute Gasteiger partial charge is 0.457 e. The summed E-state index contributed by atoms with van der Waals surface area (Å²) in [7, 11) is 3.72. The molecule has 2 unspecified atom stereocenters. The van der Waals surface area contributed by atoms with Gasteiger partial charge in [-0.3, -0.25) is 0 Å². The summed E-state index contributed by atoms with van der Waals surface area (Å²) in [6.45, 7) is 10.5. The van der Waals surface area contributed by atoms with Crippen LogP contribution >= 0.6 is 23.2 Å². The molecule has 0 spiro atoms. The van der Waals surface area contributed by atoms with Crippen molar-refractivity contribution in [3.05, 3.63) is 115 Å². The summed E-state index contributed by atoms with van der Waals surface area (Å²) in [5.41, 5.74) is 4.92.